The number of amides is 1. The summed E-state index contributed by atoms with van der Waals surface area (Å²) < 4.78 is 12.9. The molecule has 3 atom stereocenters. The molecule has 0 aliphatic carbocycles. The first-order valence-electron chi connectivity index (χ1n) is 12.7. The fourth-order valence-electron chi connectivity index (χ4n) is 5.39. The molecule has 36 heavy (non-hydrogen) atoms. The lowest BCUT2D eigenvalue weighted by Gasteiger charge is -2.29. The van der Waals surface area contributed by atoms with Crippen LogP contribution in [0.1, 0.15) is 43.5 Å². The van der Waals surface area contributed by atoms with Crippen LogP contribution in [0.3, 0.4) is 0 Å². The minimum absolute atomic E-state index is 0.00799. The highest BCUT2D eigenvalue weighted by Crippen LogP contribution is 2.43. The molecule has 4 rings (SSSR count). The summed E-state index contributed by atoms with van der Waals surface area (Å²) in [5.74, 6) is 0.366. The summed E-state index contributed by atoms with van der Waals surface area (Å²) in [7, 11) is 1.93. The normalized spacial score (nSPS) is 21.1. The molecule has 196 valence electrons. The van der Waals surface area contributed by atoms with Crippen molar-refractivity contribution < 1.29 is 24.2 Å². The highest BCUT2D eigenvalue weighted by atomic mass is 16.7. The molecule has 1 amide bonds. The topological polar surface area (TPSA) is 123 Å². The van der Waals surface area contributed by atoms with Gasteiger partial charge in [0.05, 0.1) is 12.5 Å². The zero-order chi connectivity index (χ0) is 25.7. The van der Waals surface area contributed by atoms with Gasteiger partial charge in [0, 0.05) is 64.0 Å². The molecule has 2 aliphatic rings. The maximum atomic E-state index is 13.3. The highest BCUT2D eigenvalue weighted by Gasteiger charge is 2.47. The first-order valence-corrected chi connectivity index (χ1v) is 12.7. The number of benzene rings is 1. The van der Waals surface area contributed by atoms with Crippen LogP contribution in [0.2, 0.25) is 0 Å². The Hall–Kier alpha value is -3.11. The Bertz CT molecular complexity index is 1060. The molecular weight excluding hydrogens is 462 g/mol. The van der Waals surface area contributed by atoms with E-state index < -0.39 is 11.9 Å². The molecular formula is C26H37N5O5. The minimum atomic E-state index is -0.859. The number of likely N-dealkylation sites (tertiary alicyclic amines) is 1. The number of unbranched alkanes of at least 4 members (excludes halogenated alkanes) is 1. The number of carboxylic acid groups (broad SMARTS) is 1. The van der Waals surface area contributed by atoms with Gasteiger partial charge in [-0.15, -0.1) is 0 Å². The molecule has 10 heteroatoms. The summed E-state index contributed by atoms with van der Waals surface area (Å²) in [5, 5.41) is 10.4. The van der Waals surface area contributed by atoms with Crippen molar-refractivity contribution >= 4 is 11.9 Å². The van der Waals surface area contributed by atoms with Crippen molar-refractivity contribution in [1.82, 2.24) is 19.4 Å². The lowest BCUT2D eigenvalue weighted by molar-refractivity contribution is -0.143. The standard InChI is InChI=1S/C26H37N5O5/c1-3-4-11-30(12-9-27)24(32)16-31-15-19(18-5-7-21-22(14-18)36-17-35-21)25(26(33)34)20(31)6-8-23-28-10-13-29(23)2/h5,7,10,13-14,19-20,25H,3-4,6,8-9,11-12,15-17,27H2,1-2H3,(H,33,34)/t19-,20+,25-/m1/s1. The summed E-state index contributed by atoms with van der Waals surface area (Å²) in [4.78, 5) is 34.3. The van der Waals surface area contributed by atoms with Crippen LogP contribution in [0.5, 0.6) is 11.5 Å². The van der Waals surface area contributed by atoms with E-state index in [1.165, 1.54) is 0 Å². The van der Waals surface area contributed by atoms with Gasteiger partial charge in [0.1, 0.15) is 5.82 Å². The Balaban J connectivity index is 1.60. The maximum Gasteiger partial charge on any atom is 0.308 e. The summed E-state index contributed by atoms with van der Waals surface area (Å²) >= 11 is 0. The Morgan fingerprint density at radius 2 is 2.06 bits per heavy atom. The number of hydrogen-bond donors (Lipinski definition) is 2. The van der Waals surface area contributed by atoms with E-state index in [2.05, 4.69) is 16.8 Å². The average Bonchev–Trinajstić information content (AvgIpc) is 3.58. The van der Waals surface area contributed by atoms with E-state index in [0.29, 0.717) is 50.5 Å². The number of aromatic nitrogens is 2. The molecule has 0 radical (unpaired) electrons. The number of aliphatic carboxylic acids is 1. The molecule has 0 unspecified atom stereocenters. The molecule has 3 N–H and O–H groups in total. The Morgan fingerprint density at radius 1 is 1.25 bits per heavy atom. The number of carboxylic acids is 1. The van der Waals surface area contributed by atoms with Gasteiger partial charge in [0.15, 0.2) is 11.5 Å². The van der Waals surface area contributed by atoms with Crippen LogP contribution < -0.4 is 15.2 Å². The number of rotatable bonds is 12. The third-order valence-corrected chi connectivity index (χ3v) is 7.31. The van der Waals surface area contributed by atoms with E-state index in [1.807, 2.05) is 40.9 Å². The summed E-state index contributed by atoms with van der Waals surface area (Å²) in [5.41, 5.74) is 6.66. The average molecular weight is 500 g/mol. The van der Waals surface area contributed by atoms with Crippen LogP contribution in [0, 0.1) is 5.92 Å². The lowest BCUT2D eigenvalue weighted by atomic mass is 9.83. The molecule has 1 aromatic heterocycles. The van der Waals surface area contributed by atoms with Crippen LogP contribution in [0.15, 0.2) is 30.6 Å². The molecule has 0 spiro atoms. The zero-order valence-corrected chi connectivity index (χ0v) is 21.1. The van der Waals surface area contributed by atoms with E-state index >= 15 is 0 Å². The summed E-state index contributed by atoms with van der Waals surface area (Å²) in [6.45, 7) is 4.44. The number of nitrogens with zero attached hydrogens (tertiary/aromatic N) is 4. The molecule has 1 aromatic carbocycles. The zero-order valence-electron chi connectivity index (χ0n) is 21.1. The largest absolute Gasteiger partial charge is 0.481 e. The predicted octanol–water partition coefficient (Wildman–Crippen LogP) is 1.84. The SMILES string of the molecule is CCCCN(CCN)C(=O)CN1C[C@H](c2ccc3c(c2)OCO3)[C@@H](C(=O)O)[C@@H]1CCc1nccn1C. The van der Waals surface area contributed by atoms with Crippen LogP contribution in [-0.4, -0.2) is 81.9 Å². The predicted molar refractivity (Wildman–Crippen MR) is 134 cm³/mol. The van der Waals surface area contributed by atoms with Gasteiger partial charge < -0.3 is 29.8 Å². The Labute approximate surface area is 212 Å². The van der Waals surface area contributed by atoms with E-state index in [1.54, 1.807) is 6.20 Å². The van der Waals surface area contributed by atoms with E-state index in [0.717, 1.165) is 24.2 Å². The smallest absolute Gasteiger partial charge is 0.308 e. The number of aryl methyl sites for hydroxylation is 2. The molecule has 0 bridgehead atoms. The Kier molecular flexibility index (Phi) is 8.48. The van der Waals surface area contributed by atoms with Crippen LogP contribution in [0.4, 0.5) is 0 Å². The lowest BCUT2D eigenvalue weighted by Crippen LogP contribution is -2.45. The third-order valence-electron chi connectivity index (χ3n) is 7.31. The van der Waals surface area contributed by atoms with Gasteiger partial charge in [-0.25, -0.2) is 4.98 Å². The van der Waals surface area contributed by atoms with Crippen LogP contribution in [-0.2, 0) is 23.1 Å². The van der Waals surface area contributed by atoms with Crippen molar-refractivity contribution in [3.8, 4) is 11.5 Å². The first kappa shape index (κ1) is 26.0. The van der Waals surface area contributed by atoms with Gasteiger partial charge >= 0.3 is 5.97 Å². The molecule has 2 aromatic rings. The molecule has 3 heterocycles. The van der Waals surface area contributed by atoms with E-state index in [-0.39, 0.29) is 31.2 Å². The van der Waals surface area contributed by atoms with Gasteiger partial charge in [0.25, 0.3) is 0 Å². The summed E-state index contributed by atoms with van der Waals surface area (Å²) in [6, 6.07) is 5.31. The fourth-order valence-corrected chi connectivity index (χ4v) is 5.39. The van der Waals surface area contributed by atoms with Crippen molar-refractivity contribution in [1.29, 1.82) is 0 Å². The monoisotopic (exact) mass is 499 g/mol. The second-order valence-corrected chi connectivity index (χ2v) is 9.60. The quantitative estimate of drug-likeness (QED) is 0.454. The number of hydrogen-bond acceptors (Lipinski definition) is 7. The van der Waals surface area contributed by atoms with Gasteiger partial charge in [-0.2, -0.15) is 0 Å². The number of imidazole rings is 1. The van der Waals surface area contributed by atoms with Crippen molar-refractivity contribution in [2.75, 3.05) is 39.5 Å². The van der Waals surface area contributed by atoms with Crippen molar-refractivity contribution in [3.63, 3.8) is 0 Å². The molecule has 10 nitrogen and oxygen atoms in total. The van der Waals surface area contributed by atoms with E-state index in [4.69, 9.17) is 15.2 Å². The highest BCUT2D eigenvalue weighted by molar-refractivity contribution is 5.79. The number of carbonyl (C=O) groups is 2. The Morgan fingerprint density at radius 3 is 2.75 bits per heavy atom. The number of fused-ring (bicyclic) bond motifs is 1. The first-order chi connectivity index (χ1) is 17.4. The number of carbonyl (C=O) groups excluding carboxylic acids is 1. The fraction of sp³-hybridized carbons (Fsp3) is 0.577. The van der Waals surface area contributed by atoms with Gasteiger partial charge in [-0.1, -0.05) is 19.4 Å². The van der Waals surface area contributed by atoms with E-state index in [9.17, 15) is 14.7 Å². The van der Waals surface area contributed by atoms with Gasteiger partial charge in [-0.3, -0.25) is 14.5 Å². The second-order valence-electron chi connectivity index (χ2n) is 9.60. The molecule has 2 aliphatic heterocycles. The minimum Gasteiger partial charge on any atom is -0.481 e. The maximum absolute atomic E-state index is 13.3. The van der Waals surface area contributed by atoms with Crippen molar-refractivity contribution in [2.24, 2.45) is 18.7 Å². The van der Waals surface area contributed by atoms with Crippen molar-refractivity contribution in [2.45, 2.75) is 44.6 Å². The molecule has 1 saturated heterocycles. The molecule has 1 fully saturated rings. The summed E-state index contributed by atoms with van der Waals surface area (Å²) in [6.07, 6.45) is 6.73. The van der Waals surface area contributed by atoms with Crippen molar-refractivity contribution in [3.05, 3.63) is 42.0 Å². The van der Waals surface area contributed by atoms with Crippen LogP contribution >= 0.6 is 0 Å². The van der Waals surface area contributed by atoms with Gasteiger partial charge in [-0.05, 0) is 30.5 Å². The molecule has 0 saturated carbocycles. The third kappa shape index (κ3) is 5.65. The second kappa shape index (κ2) is 11.7. The van der Waals surface area contributed by atoms with Crippen LogP contribution in [0.25, 0.3) is 0 Å². The number of nitrogens with two attached hydrogens (primary N) is 1. The number of ether oxygens (including phenoxy) is 2. The van der Waals surface area contributed by atoms with Gasteiger partial charge in [0.2, 0.25) is 12.7 Å².